The van der Waals surface area contributed by atoms with E-state index in [1.165, 1.54) is 31.4 Å². The van der Waals surface area contributed by atoms with Crippen molar-refractivity contribution in [1.82, 2.24) is 4.90 Å². The van der Waals surface area contributed by atoms with Gasteiger partial charge in [-0.15, -0.1) is 0 Å². The van der Waals surface area contributed by atoms with Crippen LogP contribution in [0.5, 0.6) is 11.5 Å². The van der Waals surface area contributed by atoms with Gasteiger partial charge >= 0.3 is 0 Å². The molecule has 1 aromatic rings. The van der Waals surface area contributed by atoms with Crippen LogP contribution >= 0.6 is 0 Å². The molecule has 0 spiro atoms. The highest BCUT2D eigenvalue weighted by Crippen LogP contribution is 2.41. The number of hydrogen-bond acceptors (Lipinski definition) is 3. The molecule has 3 heteroatoms. The van der Waals surface area contributed by atoms with Crippen LogP contribution in [0.1, 0.15) is 44.7 Å². The van der Waals surface area contributed by atoms with E-state index < -0.39 is 0 Å². The summed E-state index contributed by atoms with van der Waals surface area (Å²) in [5, 5.41) is 0. The highest BCUT2D eigenvalue weighted by molar-refractivity contribution is 5.47. The fraction of sp³-hybridized carbons (Fsp3) is 0.647. The number of piperidine rings is 1. The Labute approximate surface area is 122 Å². The summed E-state index contributed by atoms with van der Waals surface area (Å²) in [5.74, 6) is 2.58. The molecule has 3 nitrogen and oxygen atoms in total. The van der Waals surface area contributed by atoms with Crippen LogP contribution in [0.3, 0.4) is 0 Å². The second kappa shape index (κ2) is 6.98. The quantitative estimate of drug-likeness (QED) is 0.815. The Morgan fingerprint density at radius 3 is 2.35 bits per heavy atom. The zero-order valence-corrected chi connectivity index (χ0v) is 13.2. The van der Waals surface area contributed by atoms with E-state index in [-0.39, 0.29) is 0 Å². The molecule has 2 rings (SSSR count). The van der Waals surface area contributed by atoms with Crippen molar-refractivity contribution in [2.75, 3.05) is 27.3 Å². The van der Waals surface area contributed by atoms with Crippen LogP contribution < -0.4 is 9.47 Å². The fourth-order valence-corrected chi connectivity index (χ4v) is 3.21. The van der Waals surface area contributed by atoms with E-state index in [0.29, 0.717) is 12.0 Å². The molecule has 1 fully saturated rings. The topological polar surface area (TPSA) is 21.7 Å². The molecule has 0 aliphatic carbocycles. The van der Waals surface area contributed by atoms with E-state index in [0.717, 1.165) is 18.0 Å². The van der Waals surface area contributed by atoms with Crippen LogP contribution in [0.2, 0.25) is 0 Å². The van der Waals surface area contributed by atoms with Gasteiger partial charge in [-0.05, 0) is 37.4 Å². The Hall–Kier alpha value is -1.22. The van der Waals surface area contributed by atoms with E-state index in [1.807, 2.05) is 18.2 Å². The number of rotatable bonds is 5. The largest absolute Gasteiger partial charge is 0.496 e. The lowest BCUT2D eigenvalue weighted by Gasteiger charge is -2.38. The van der Waals surface area contributed by atoms with Crippen molar-refractivity contribution < 1.29 is 9.47 Å². The van der Waals surface area contributed by atoms with E-state index in [4.69, 9.17) is 9.47 Å². The Balaban J connectivity index is 2.35. The minimum absolute atomic E-state index is 0.414. The molecule has 1 saturated heterocycles. The number of methoxy groups -OCH3 is 2. The molecule has 112 valence electrons. The number of benzene rings is 1. The molecule has 0 saturated carbocycles. The number of ether oxygens (including phenoxy) is 2. The van der Waals surface area contributed by atoms with Gasteiger partial charge in [0, 0.05) is 12.6 Å². The smallest absolute Gasteiger partial charge is 0.127 e. The molecule has 20 heavy (non-hydrogen) atoms. The third-order valence-electron chi connectivity index (χ3n) is 4.01. The maximum atomic E-state index is 5.59. The molecule has 0 aromatic heterocycles. The SMILES string of the molecule is COc1cccc(OC)c1C1CCCCN1CC(C)C. The summed E-state index contributed by atoms with van der Waals surface area (Å²) in [5.41, 5.74) is 1.22. The zero-order valence-electron chi connectivity index (χ0n) is 13.2. The first-order chi connectivity index (χ1) is 9.67. The first-order valence-electron chi connectivity index (χ1n) is 7.62. The average Bonchev–Trinajstić information content (AvgIpc) is 2.46. The Bertz CT molecular complexity index is 409. The lowest BCUT2D eigenvalue weighted by atomic mass is 9.93. The van der Waals surface area contributed by atoms with Gasteiger partial charge in [-0.1, -0.05) is 26.3 Å². The maximum absolute atomic E-state index is 5.59. The van der Waals surface area contributed by atoms with Crippen LogP contribution in [0.25, 0.3) is 0 Å². The summed E-state index contributed by atoms with van der Waals surface area (Å²) in [6, 6.07) is 6.49. The summed E-state index contributed by atoms with van der Waals surface area (Å²) < 4.78 is 11.2. The second-order valence-corrected chi connectivity index (χ2v) is 5.98. The summed E-state index contributed by atoms with van der Waals surface area (Å²) in [7, 11) is 3.49. The molecule has 1 aliphatic rings. The summed E-state index contributed by atoms with van der Waals surface area (Å²) >= 11 is 0. The van der Waals surface area contributed by atoms with Crippen molar-refractivity contribution >= 4 is 0 Å². The molecule has 1 heterocycles. The molecule has 0 amide bonds. The second-order valence-electron chi connectivity index (χ2n) is 5.98. The first kappa shape index (κ1) is 15.2. The van der Waals surface area contributed by atoms with Gasteiger partial charge < -0.3 is 9.47 Å². The van der Waals surface area contributed by atoms with Crippen molar-refractivity contribution in [2.45, 2.75) is 39.2 Å². The predicted molar refractivity (Wildman–Crippen MR) is 82.5 cm³/mol. The van der Waals surface area contributed by atoms with Gasteiger partial charge in [-0.2, -0.15) is 0 Å². The predicted octanol–water partition coefficient (Wildman–Crippen LogP) is 3.89. The van der Waals surface area contributed by atoms with Gasteiger partial charge in [0.05, 0.1) is 19.8 Å². The Morgan fingerprint density at radius 1 is 1.15 bits per heavy atom. The van der Waals surface area contributed by atoms with Crippen molar-refractivity contribution in [2.24, 2.45) is 5.92 Å². The lowest BCUT2D eigenvalue weighted by Crippen LogP contribution is -2.36. The van der Waals surface area contributed by atoms with Crippen molar-refractivity contribution in [3.63, 3.8) is 0 Å². The summed E-state index contributed by atoms with van der Waals surface area (Å²) in [6.45, 7) is 6.87. The van der Waals surface area contributed by atoms with Crippen LogP contribution in [-0.2, 0) is 0 Å². The molecule has 1 unspecified atom stereocenters. The lowest BCUT2D eigenvalue weighted by molar-refractivity contribution is 0.127. The molecular formula is C17H27NO2. The normalized spacial score (nSPS) is 20.1. The summed E-state index contributed by atoms with van der Waals surface area (Å²) in [6.07, 6.45) is 3.75. The molecule has 1 atom stereocenters. The number of likely N-dealkylation sites (tertiary alicyclic amines) is 1. The monoisotopic (exact) mass is 277 g/mol. The van der Waals surface area contributed by atoms with Gasteiger partial charge in [0.15, 0.2) is 0 Å². The molecular weight excluding hydrogens is 250 g/mol. The Kier molecular flexibility index (Phi) is 5.30. The van der Waals surface area contributed by atoms with Gasteiger partial charge in [0.1, 0.15) is 11.5 Å². The molecule has 0 radical (unpaired) electrons. The van der Waals surface area contributed by atoms with Gasteiger partial charge in [-0.25, -0.2) is 0 Å². The highest BCUT2D eigenvalue weighted by Gasteiger charge is 2.29. The van der Waals surface area contributed by atoms with Gasteiger partial charge in [0.25, 0.3) is 0 Å². The minimum Gasteiger partial charge on any atom is -0.496 e. The maximum Gasteiger partial charge on any atom is 0.127 e. The highest BCUT2D eigenvalue weighted by atomic mass is 16.5. The van der Waals surface area contributed by atoms with Crippen LogP contribution in [0, 0.1) is 5.92 Å². The van der Waals surface area contributed by atoms with E-state index >= 15 is 0 Å². The van der Waals surface area contributed by atoms with Crippen molar-refractivity contribution in [1.29, 1.82) is 0 Å². The van der Waals surface area contributed by atoms with E-state index in [2.05, 4.69) is 18.7 Å². The zero-order chi connectivity index (χ0) is 14.5. The fourth-order valence-electron chi connectivity index (χ4n) is 3.21. The van der Waals surface area contributed by atoms with Gasteiger partial charge in [-0.3, -0.25) is 4.90 Å². The molecule has 0 N–H and O–H groups in total. The third-order valence-corrected chi connectivity index (χ3v) is 4.01. The van der Waals surface area contributed by atoms with Crippen molar-refractivity contribution in [3.05, 3.63) is 23.8 Å². The van der Waals surface area contributed by atoms with Gasteiger partial charge in [0.2, 0.25) is 0 Å². The minimum atomic E-state index is 0.414. The van der Waals surface area contributed by atoms with Crippen molar-refractivity contribution in [3.8, 4) is 11.5 Å². The van der Waals surface area contributed by atoms with E-state index in [1.54, 1.807) is 14.2 Å². The third kappa shape index (κ3) is 3.26. The molecule has 1 aromatic carbocycles. The molecule has 1 aliphatic heterocycles. The average molecular weight is 277 g/mol. The number of nitrogens with zero attached hydrogens (tertiary/aromatic N) is 1. The van der Waals surface area contributed by atoms with E-state index in [9.17, 15) is 0 Å². The Morgan fingerprint density at radius 2 is 1.80 bits per heavy atom. The van der Waals surface area contributed by atoms with Crippen LogP contribution in [0.4, 0.5) is 0 Å². The summed E-state index contributed by atoms with van der Waals surface area (Å²) in [4.78, 5) is 2.59. The first-order valence-corrected chi connectivity index (χ1v) is 7.62. The van der Waals surface area contributed by atoms with Crippen LogP contribution in [-0.4, -0.2) is 32.2 Å². The van der Waals surface area contributed by atoms with Crippen LogP contribution in [0.15, 0.2) is 18.2 Å². The molecule has 0 bridgehead atoms. The standard InChI is InChI=1S/C17H27NO2/c1-13(2)12-18-11-6-5-8-14(18)17-15(19-3)9-7-10-16(17)20-4/h7,9-10,13-14H,5-6,8,11-12H2,1-4H3. The number of hydrogen-bond donors (Lipinski definition) is 0.